The van der Waals surface area contributed by atoms with E-state index >= 15 is 0 Å². The second kappa shape index (κ2) is 10.4. The Bertz CT molecular complexity index is 1050. The van der Waals surface area contributed by atoms with Crippen molar-refractivity contribution in [2.45, 2.75) is 57.1 Å². The molecule has 186 valence electrons. The van der Waals surface area contributed by atoms with Crippen molar-refractivity contribution in [3.8, 4) is 5.75 Å². The Kier molecular flexibility index (Phi) is 7.78. The van der Waals surface area contributed by atoms with Gasteiger partial charge in [0.1, 0.15) is 29.4 Å². The van der Waals surface area contributed by atoms with E-state index in [2.05, 4.69) is 20.9 Å². The maximum absolute atomic E-state index is 14.5. The predicted molar refractivity (Wildman–Crippen MR) is 124 cm³/mol. The standard InChI is InChI=1S/C23H32FN5O5/c1-23(2,24)11-17(22(33)28-15(19(25)30)9-12-7-8-26-20(12)31)29-21(32)16-10-13-14(27-16)5-4-6-18(13)34-3/h4-6,10,12,15,17,19,27,30H,7-9,11,25H2,1-3H3,(H,26,31)(H,28,33)(H,29,32)/t12-,15-,17-,19?/m0/s1. The molecule has 3 rings (SSSR count). The van der Waals surface area contributed by atoms with Gasteiger partial charge in [0.2, 0.25) is 11.8 Å². The van der Waals surface area contributed by atoms with Gasteiger partial charge in [-0.1, -0.05) is 6.07 Å². The molecule has 4 atom stereocenters. The number of fused-ring (bicyclic) bond motifs is 1. The van der Waals surface area contributed by atoms with E-state index in [4.69, 9.17) is 10.5 Å². The normalized spacial score (nSPS) is 18.8. The fraction of sp³-hybridized carbons (Fsp3) is 0.522. The molecule has 0 spiro atoms. The van der Waals surface area contributed by atoms with Crippen molar-refractivity contribution in [1.82, 2.24) is 20.9 Å². The highest BCUT2D eigenvalue weighted by atomic mass is 19.1. The summed E-state index contributed by atoms with van der Waals surface area (Å²) < 4.78 is 19.8. The summed E-state index contributed by atoms with van der Waals surface area (Å²) in [6.45, 7) is 3.10. The van der Waals surface area contributed by atoms with Gasteiger partial charge in [0.05, 0.1) is 13.2 Å². The van der Waals surface area contributed by atoms with Gasteiger partial charge in [0.25, 0.3) is 5.91 Å². The van der Waals surface area contributed by atoms with E-state index in [-0.39, 0.29) is 24.4 Å². The molecule has 1 aliphatic heterocycles. The van der Waals surface area contributed by atoms with Crippen molar-refractivity contribution in [2.24, 2.45) is 11.7 Å². The van der Waals surface area contributed by atoms with Crippen LogP contribution in [-0.2, 0) is 9.59 Å². The number of H-pyrrole nitrogens is 1. The average molecular weight is 478 g/mol. The van der Waals surface area contributed by atoms with Gasteiger partial charge < -0.3 is 36.5 Å². The Labute approximate surface area is 196 Å². The molecule has 1 aromatic carbocycles. The van der Waals surface area contributed by atoms with Crippen molar-refractivity contribution < 1.29 is 28.6 Å². The first kappa shape index (κ1) is 25.4. The average Bonchev–Trinajstić information content (AvgIpc) is 3.37. The second-order valence-electron chi connectivity index (χ2n) is 9.17. The Hall–Kier alpha value is -3.18. The van der Waals surface area contributed by atoms with Gasteiger partial charge in [-0.2, -0.15) is 0 Å². The number of alkyl halides is 1. The van der Waals surface area contributed by atoms with Crippen LogP contribution in [0.15, 0.2) is 24.3 Å². The number of aromatic amines is 1. The third-order valence-corrected chi connectivity index (χ3v) is 5.84. The zero-order valence-corrected chi connectivity index (χ0v) is 19.5. The largest absolute Gasteiger partial charge is 0.496 e. The molecule has 1 unspecified atom stereocenters. The van der Waals surface area contributed by atoms with E-state index in [0.717, 1.165) is 0 Å². The number of aliphatic hydroxyl groups excluding tert-OH is 1. The monoisotopic (exact) mass is 477 g/mol. The minimum Gasteiger partial charge on any atom is -0.496 e. The van der Waals surface area contributed by atoms with Crippen molar-refractivity contribution in [2.75, 3.05) is 13.7 Å². The maximum atomic E-state index is 14.5. The Balaban J connectivity index is 1.76. The lowest BCUT2D eigenvalue weighted by Crippen LogP contribution is -2.56. The van der Waals surface area contributed by atoms with E-state index in [1.807, 2.05) is 0 Å². The second-order valence-corrected chi connectivity index (χ2v) is 9.17. The van der Waals surface area contributed by atoms with Gasteiger partial charge in [-0.3, -0.25) is 14.4 Å². The van der Waals surface area contributed by atoms with Crippen molar-refractivity contribution in [3.63, 3.8) is 0 Å². The van der Waals surface area contributed by atoms with Crippen LogP contribution in [-0.4, -0.2) is 65.4 Å². The number of carbonyl (C=O) groups excluding carboxylic acids is 3. The van der Waals surface area contributed by atoms with Crippen LogP contribution >= 0.6 is 0 Å². The lowest BCUT2D eigenvalue weighted by molar-refractivity contribution is -0.127. The Morgan fingerprint density at radius 3 is 2.68 bits per heavy atom. The van der Waals surface area contributed by atoms with Gasteiger partial charge in [-0.25, -0.2) is 4.39 Å². The molecule has 1 aromatic heterocycles. The molecule has 2 heterocycles. The Morgan fingerprint density at radius 2 is 2.09 bits per heavy atom. The van der Waals surface area contributed by atoms with E-state index in [9.17, 15) is 23.9 Å². The van der Waals surface area contributed by atoms with Gasteiger partial charge in [-0.05, 0) is 44.9 Å². The fourth-order valence-electron chi connectivity index (χ4n) is 4.10. The molecule has 1 aliphatic rings. The number of aromatic nitrogens is 1. The molecule has 7 N–H and O–H groups in total. The molecule has 2 aromatic rings. The summed E-state index contributed by atoms with van der Waals surface area (Å²) in [5.41, 5.74) is 4.69. The topological polar surface area (TPSA) is 159 Å². The van der Waals surface area contributed by atoms with Crippen LogP contribution in [0.4, 0.5) is 4.39 Å². The lowest BCUT2D eigenvalue weighted by atomic mass is 9.96. The number of nitrogens with two attached hydrogens (primary N) is 1. The molecule has 1 saturated heterocycles. The first-order valence-corrected chi connectivity index (χ1v) is 11.2. The molecular weight excluding hydrogens is 445 g/mol. The first-order valence-electron chi connectivity index (χ1n) is 11.2. The predicted octanol–water partition coefficient (Wildman–Crippen LogP) is 0.701. The number of halogens is 1. The maximum Gasteiger partial charge on any atom is 0.268 e. The zero-order valence-electron chi connectivity index (χ0n) is 19.5. The highest BCUT2D eigenvalue weighted by molar-refractivity contribution is 6.01. The molecule has 10 nitrogen and oxygen atoms in total. The number of amides is 3. The Morgan fingerprint density at radius 1 is 1.35 bits per heavy atom. The molecule has 0 bridgehead atoms. The molecule has 0 saturated carbocycles. The van der Waals surface area contributed by atoms with Crippen LogP contribution in [0.1, 0.15) is 43.6 Å². The summed E-state index contributed by atoms with van der Waals surface area (Å²) in [7, 11) is 1.52. The summed E-state index contributed by atoms with van der Waals surface area (Å²) in [6.07, 6.45) is -1.07. The number of benzene rings is 1. The summed E-state index contributed by atoms with van der Waals surface area (Å²) >= 11 is 0. The zero-order chi connectivity index (χ0) is 25.0. The third-order valence-electron chi connectivity index (χ3n) is 5.84. The van der Waals surface area contributed by atoms with Crippen molar-refractivity contribution >= 4 is 28.6 Å². The minimum atomic E-state index is -1.78. The quantitative estimate of drug-likeness (QED) is 0.276. The van der Waals surface area contributed by atoms with Gasteiger partial charge >= 0.3 is 0 Å². The number of nitrogens with one attached hydrogen (secondary N) is 4. The fourth-order valence-corrected chi connectivity index (χ4v) is 4.10. The minimum absolute atomic E-state index is 0.122. The molecular formula is C23H32FN5O5. The number of methoxy groups -OCH3 is 1. The number of ether oxygens (including phenoxy) is 1. The van der Waals surface area contributed by atoms with E-state index in [1.165, 1.54) is 21.0 Å². The van der Waals surface area contributed by atoms with Crippen molar-refractivity contribution in [3.05, 3.63) is 30.0 Å². The van der Waals surface area contributed by atoms with Crippen LogP contribution in [0.25, 0.3) is 10.9 Å². The molecule has 0 radical (unpaired) electrons. The smallest absolute Gasteiger partial charge is 0.268 e. The summed E-state index contributed by atoms with van der Waals surface area (Å²) in [6, 6.07) is 4.69. The summed E-state index contributed by atoms with van der Waals surface area (Å²) in [4.78, 5) is 40.8. The molecule has 3 amide bonds. The SMILES string of the molecule is COc1cccc2[nH]c(C(=O)N[C@@H](CC(C)(C)F)C(=O)N[C@@H](C[C@@H]3CCNC3=O)C(N)O)cc12. The molecule has 0 aliphatic carbocycles. The van der Waals surface area contributed by atoms with Gasteiger partial charge in [0.15, 0.2) is 0 Å². The highest BCUT2D eigenvalue weighted by Crippen LogP contribution is 2.26. The van der Waals surface area contributed by atoms with E-state index < -0.39 is 41.7 Å². The molecule has 1 fully saturated rings. The molecule has 34 heavy (non-hydrogen) atoms. The highest BCUT2D eigenvalue weighted by Gasteiger charge is 2.34. The van der Waals surface area contributed by atoms with Crippen molar-refractivity contribution in [1.29, 1.82) is 0 Å². The van der Waals surface area contributed by atoms with Crippen LogP contribution in [0.5, 0.6) is 5.75 Å². The van der Waals surface area contributed by atoms with Crippen LogP contribution in [0.3, 0.4) is 0 Å². The van der Waals surface area contributed by atoms with Crippen LogP contribution in [0.2, 0.25) is 0 Å². The van der Waals surface area contributed by atoms with E-state index in [0.29, 0.717) is 29.6 Å². The summed E-state index contributed by atoms with van der Waals surface area (Å²) in [5.74, 6) is -1.33. The lowest BCUT2D eigenvalue weighted by Gasteiger charge is -2.28. The summed E-state index contributed by atoms with van der Waals surface area (Å²) in [5, 5.41) is 18.5. The number of rotatable bonds is 10. The number of hydrogen-bond acceptors (Lipinski definition) is 6. The number of hydrogen-bond donors (Lipinski definition) is 6. The van der Waals surface area contributed by atoms with Gasteiger partial charge in [0, 0.05) is 29.8 Å². The first-order chi connectivity index (χ1) is 16.0. The molecule has 11 heteroatoms. The van der Waals surface area contributed by atoms with Gasteiger partial charge in [-0.15, -0.1) is 0 Å². The number of aliphatic hydroxyl groups is 1. The number of carbonyl (C=O) groups is 3. The van der Waals surface area contributed by atoms with E-state index in [1.54, 1.807) is 24.3 Å². The van der Waals surface area contributed by atoms with Crippen LogP contribution in [0, 0.1) is 5.92 Å². The third kappa shape index (κ3) is 6.23. The van der Waals surface area contributed by atoms with Crippen LogP contribution < -0.4 is 26.4 Å².